The molecule has 0 bridgehead atoms. The number of aryl methyl sites for hydroxylation is 2. The fraction of sp³-hybridized carbons (Fsp3) is 0.154. The van der Waals surface area contributed by atoms with Crippen molar-refractivity contribution in [3.63, 3.8) is 0 Å². The van der Waals surface area contributed by atoms with Gasteiger partial charge < -0.3 is 14.8 Å². The van der Waals surface area contributed by atoms with Gasteiger partial charge in [0.2, 0.25) is 0 Å². The summed E-state index contributed by atoms with van der Waals surface area (Å²) in [5, 5.41) is 12.3. The minimum absolute atomic E-state index is 0.0352. The van der Waals surface area contributed by atoms with Crippen molar-refractivity contribution in [2.24, 2.45) is 0 Å². The number of hydrogen-bond acceptors (Lipinski definition) is 4. The number of halogens is 1. The highest BCUT2D eigenvalue weighted by Crippen LogP contribution is 2.30. The van der Waals surface area contributed by atoms with Crippen LogP contribution in [0.25, 0.3) is 6.08 Å². The third-order valence-electron chi connectivity index (χ3n) is 4.80. The van der Waals surface area contributed by atoms with E-state index in [2.05, 4.69) is 5.32 Å². The Hall–Kier alpha value is -4.11. The molecule has 6 heteroatoms. The first kappa shape index (κ1) is 22.6. The maximum Gasteiger partial charge on any atom is 0.266 e. The van der Waals surface area contributed by atoms with Gasteiger partial charge in [-0.15, -0.1) is 0 Å². The van der Waals surface area contributed by atoms with Crippen molar-refractivity contribution in [2.45, 2.75) is 20.5 Å². The molecular weight excluding hydrogens is 407 g/mol. The summed E-state index contributed by atoms with van der Waals surface area (Å²) in [6, 6.07) is 18.8. The van der Waals surface area contributed by atoms with Gasteiger partial charge in [0.1, 0.15) is 24.1 Å². The maximum absolute atomic E-state index is 13.0. The van der Waals surface area contributed by atoms with Crippen LogP contribution in [0.2, 0.25) is 0 Å². The summed E-state index contributed by atoms with van der Waals surface area (Å²) in [5.74, 6) is 0.146. The number of methoxy groups -OCH3 is 1. The van der Waals surface area contributed by atoms with E-state index in [1.807, 2.05) is 38.1 Å². The topological polar surface area (TPSA) is 71.3 Å². The molecule has 0 saturated carbocycles. The Balaban J connectivity index is 1.76. The van der Waals surface area contributed by atoms with Crippen LogP contribution >= 0.6 is 0 Å². The second-order valence-corrected chi connectivity index (χ2v) is 7.27. The first-order valence-corrected chi connectivity index (χ1v) is 9.95. The summed E-state index contributed by atoms with van der Waals surface area (Å²) in [4.78, 5) is 12.6. The molecule has 3 aromatic carbocycles. The average Bonchev–Trinajstić information content (AvgIpc) is 2.79. The van der Waals surface area contributed by atoms with Crippen LogP contribution < -0.4 is 14.8 Å². The molecule has 5 nitrogen and oxygen atoms in total. The van der Waals surface area contributed by atoms with Gasteiger partial charge in [0.25, 0.3) is 5.91 Å². The summed E-state index contributed by atoms with van der Waals surface area (Å²) in [7, 11) is 1.51. The summed E-state index contributed by atoms with van der Waals surface area (Å²) in [5.41, 5.74) is 4.05. The second-order valence-electron chi connectivity index (χ2n) is 7.27. The van der Waals surface area contributed by atoms with Crippen molar-refractivity contribution >= 4 is 17.7 Å². The van der Waals surface area contributed by atoms with Gasteiger partial charge in [0.15, 0.2) is 11.5 Å². The van der Waals surface area contributed by atoms with Gasteiger partial charge in [-0.25, -0.2) is 4.39 Å². The Bertz CT molecular complexity index is 1190. The third-order valence-corrected chi connectivity index (χ3v) is 4.80. The van der Waals surface area contributed by atoms with Crippen molar-refractivity contribution in [1.29, 1.82) is 5.26 Å². The first-order valence-electron chi connectivity index (χ1n) is 9.95. The highest BCUT2D eigenvalue weighted by Gasteiger charge is 2.12. The Kier molecular flexibility index (Phi) is 7.25. The van der Waals surface area contributed by atoms with E-state index in [1.54, 1.807) is 30.3 Å². The Morgan fingerprint density at radius 3 is 2.47 bits per heavy atom. The van der Waals surface area contributed by atoms with Crippen LogP contribution in [-0.4, -0.2) is 13.0 Å². The highest BCUT2D eigenvalue weighted by atomic mass is 19.1. The lowest BCUT2D eigenvalue weighted by molar-refractivity contribution is -0.112. The number of nitrogens with zero attached hydrogens (tertiary/aromatic N) is 1. The molecular formula is C26H23FN2O3. The summed E-state index contributed by atoms with van der Waals surface area (Å²) >= 11 is 0. The lowest BCUT2D eigenvalue weighted by Crippen LogP contribution is -2.14. The standard InChI is InChI=1S/C26H23FN2O3/c1-17-4-10-23(18(2)12-17)29-26(30)21(15-28)13-20-7-11-24(25(14-20)31-3)32-16-19-5-8-22(27)9-6-19/h4-14H,16H2,1-3H3,(H,29,30)/b21-13+. The minimum atomic E-state index is -0.491. The van der Waals surface area contributed by atoms with E-state index in [9.17, 15) is 14.4 Å². The van der Waals surface area contributed by atoms with Gasteiger partial charge in [-0.1, -0.05) is 35.9 Å². The number of amides is 1. The Morgan fingerprint density at radius 2 is 1.81 bits per heavy atom. The normalized spacial score (nSPS) is 10.9. The maximum atomic E-state index is 13.0. The molecule has 0 heterocycles. The number of nitrogens with one attached hydrogen (secondary N) is 1. The van der Waals surface area contributed by atoms with E-state index in [-0.39, 0.29) is 18.0 Å². The molecule has 0 aliphatic carbocycles. The molecule has 3 aromatic rings. The molecule has 32 heavy (non-hydrogen) atoms. The molecule has 162 valence electrons. The van der Waals surface area contributed by atoms with Crippen LogP contribution in [0.3, 0.4) is 0 Å². The second kappa shape index (κ2) is 10.3. The largest absolute Gasteiger partial charge is 0.493 e. The lowest BCUT2D eigenvalue weighted by atomic mass is 10.1. The number of carbonyl (C=O) groups excluding carboxylic acids is 1. The molecule has 0 spiro atoms. The predicted molar refractivity (Wildman–Crippen MR) is 122 cm³/mol. The molecule has 0 fully saturated rings. The molecule has 0 atom stereocenters. The Labute approximate surface area is 186 Å². The van der Waals surface area contributed by atoms with E-state index in [1.165, 1.54) is 25.3 Å². The number of nitriles is 1. The molecule has 1 amide bonds. The number of rotatable bonds is 7. The smallest absolute Gasteiger partial charge is 0.266 e. The van der Waals surface area contributed by atoms with E-state index in [4.69, 9.17) is 9.47 Å². The molecule has 0 aliphatic heterocycles. The highest BCUT2D eigenvalue weighted by molar-refractivity contribution is 6.10. The zero-order valence-corrected chi connectivity index (χ0v) is 18.1. The molecule has 0 aliphatic rings. The monoisotopic (exact) mass is 430 g/mol. The van der Waals surface area contributed by atoms with Crippen molar-refractivity contribution in [3.8, 4) is 17.6 Å². The fourth-order valence-electron chi connectivity index (χ4n) is 3.09. The van der Waals surface area contributed by atoms with Gasteiger partial charge in [-0.3, -0.25) is 4.79 Å². The van der Waals surface area contributed by atoms with Crippen LogP contribution in [0.5, 0.6) is 11.5 Å². The fourth-order valence-corrected chi connectivity index (χ4v) is 3.09. The van der Waals surface area contributed by atoms with Crippen LogP contribution in [0, 0.1) is 31.0 Å². The molecule has 0 aromatic heterocycles. The zero-order valence-electron chi connectivity index (χ0n) is 18.1. The number of benzene rings is 3. The molecule has 3 rings (SSSR count). The van der Waals surface area contributed by atoms with Gasteiger partial charge in [-0.05, 0) is 66.9 Å². The van der Waals surface area contributed by atoms with E-state index >= 15 is 0 Å². The molecule has 0 unspecified atom stereocenters. The number of carbonyl (C=O) groups is 1. The van der Waals surface area contributed by atoms with Crippen LogP contribution in [-0.2, 0) is 11.4 Å². The SMILES string of the molecule is COc1cc(/C=C(\C#N)C(=O)Nc2ccc(C)cc2C)ccc1OCc1ccc(F)cc1. The van der Waals surface area contributed by atoms with Crippen molar-refractivity contribution < 1.29 is 18.7 Å². The molecule has 0 saturated heterocycles. The van der Waals surface area contributed by atoms with Gasteiger partial charge in [-0.2, -0.15) is 5.26 Å². The minimum Gasteiger partial charge on any atom is -0.493 e. The van der Waals surface area contributed by atoms with Crippen LogP contribution in [0.4, 0.5) is 10.1 Å². The van der Waals surface area contributed by atoms with Crippen LogP contribution in [0.15, 0.2) is 66.2 Å². The van der Waals surface area contributed by atoms with Crippen molar-refractivity contribution in [1.82, 2.24) is 0 Å². The van der Waals surface area contributed by atoms with Crippen LogP contribution in [0.1, 0.15) is 22.3 Å². The van der Waals surface area contributed by atoms with Gasteiger partial charge in [0, 0.05) is 5.69 Å². The predicted octanol–water partition coefficient (Wildman–Crippen LogP) is 5.58. The van der Waals surface area contributed by atoms with Crippen molar-refractivity contribution in [2.75, 3.05) is 12.4 Å². The number of hydrogen-bond donors (Lipinski definition) is 1. The number of anilines is 1. The molecule has 1 N–H and O–H groups in total. The van der Waals surface area contributed by atoms with E-state index < -0.39 is 5.91 Å². The summed E-state index contributed by atoms with van der Waals surface area (Å²) < 4.78 is 24.2. The third kappa shape index (κ3) is 5.73. The molecule has 0 radical (unpaired) electrons. The number of ether oxygens (including phenoxy) is 2. The first-order chi connectivity index (χ1) is 15.4. The zero-order chi connectivity index (χ0) is 23.1. The van der Waals surface area contributed by atoms with Gasteiger partial charge in [0.05, 0.1) is 7.11 Å². The quantitative estimate of drug-likeness (QED) is 0.393. The van der Waals surface area contributed by atoms with Crippen molar-refractivity contribution in [3.05, 3.63) is 94.3 Å². The summed E-state index contributed by atoms with van der Waals surface area (Å²) in [6.45, 7) is 4.11. The van der Waals surface area contributed by atoms with E-state index in [0.717, 1.165) is 16.7 Å². The average molecular weight is 430 g/mol. The summed E-state index contributed by atoms with van der Waals surface area (Å²) in [6.07, 6.45) is 1.49. The van der Waals surface area contributed by atoms with E-state index in [0.29, 0.717) is 22.7 Å². The lowest BCUT2D eigenvalue weighted by Gasteiger charge is -2.12. The Morgan fingerprint density at radius 1 is 1.06 bits per heavy atom. The van der Waals surface area contributed by atoms with Gasteiger partial charge >= 0.3 is 0 Å².